The number of rotatable bonds is 7. The van der Waals surface area contributed by atoms with Gasteiger partial charge in [-0.1, -0.05) is 20.8 Å². The van der Waals surface area contributed by atoms with Crippen LogP contribution in [0.1, 0.15) is 56.5 Å². The fourth-order valence-electron chi connectivity index (χ4n) is 7.06. The Hall–Kier alpha value is -3.31. The Balaban J connectivity index is 1.90. The highest BCUT2D eigenvalue weighted by molar-refractivity contribution is 6.32. The van der Waals surface area contributed by atoms with Crippen molar-refractivity contribution >= 4 is 40.4 Å². The van der Waals surface area contributed by atoms with E-state index in [0.29, 0.717) is 17.8 Å². The Morgan fingerprint density at radius 1 is 1.15 bits per heavy atom. The van der Waals surface area contributed by atoms with E-state index in [1.54, 1.807) is 20.2 Å². The van der Waals surface area contributed by atoms with Crippen LogP contribution in [0.2, 0.25) is 0 Å². The number of aliphatic hydroxyl groups is 1. The number of aromatic hydroxyl groups is 1. The Kier molecular flexibility index (Phi) is 7.61. The van der Waals surface area contributed by atoms with Gasteiger partial charge in [-0.25, -0.2) is 0 Å². The zero-order valence-corrected chi connectivity index (χ0v) is 23.9. The quantitative estimate of drug-likeness (QED) is 0.212. The second kappa shape index (κ2) is 10.3. The lowest BCUT2D eigenvalue weighted by molar-refractivity contribution is -0.181. The minimum absolute atomic E-state index is 0.00197. The van der Waals surface area contributed by atoms with Crippen LogP contribution in [0.25, 0.3) is 0 Å². The van der Waals surface area contributed by atoms with Crippen LogP contribution >= 0.6 is 0 Å². The van der Waals surface area contributed by atoms with Gasteiger partial charge < -0.3 is 26.6 Å². The topological polar surface area (TPSA) is 184 Å². The molecular weight excluding hydrogens is 516 g/mol. The number of primary amides is 1. The molecule has 0 heterocycles. The molecule has 11 nitrogen and oxygen atoms in total. The van der Waals surface area contributed by atoms with Gasteiger partial charge in [-0.05, 0) is 63.7 Å². The van der Waals surface area contributed by atoms with Crippen molar-refractivity contribution in [2.45, 2.75) is 64.6 Å². The third-order valence-electron chi connectivity index (χ3n) is 9.06. The molecule has 4 rings (SSSR count). The summed E-state index contributed by atoms with van der Waals surface area (Å²) in [6.07, 6.45) is 1.01. The predicted octanol–water partition coefficient (Wildman–Crippen LogP) is 0.710. The molecule has 3 aliphatic rings. The zero-order chi connectivity index (χ0) is 30.0. The molecule has 2 fully saturated rings. The van der Waals surface area contributed by atoms with Gasteiger partial charge in [-0.3, -0.25) is 28.9 Å². The molecule has 0 bridgehead atoms. The number of nitrogens with zero attached hydrogens (tertiary/aromatic N) is 2. The summed E-state index contributed by atoms with van der Waals surface area (Å²) >= 11 is 0. The predicted molar refractivity (Wildman–Crippen MR) is 148 cm³/mol. The Bertz CT molecular complexity index is 1290. The van der Waals surface area contributed by atoms with Crippen LogP contribution in [0.15, 0.2) is 6.07 Å². The SMILES string of the molecule is CCC(C)N(CC(C)C)c1cc(N)c(O)c2c1CC1CC3[C@H](N(C)C)C(=O)C(C(N)=O)C(=O)[C@@]3(O)C(=O)C1C2=O. The van der Waals surface area contributed by atoms with Gasteiger partial charge in [0.25, 0.3) is 0 Å². The first kappa shape index (κ1) is 29.7. The Morgan fingerprint density at radius 3 is 2.30 bits per heavy atom. The highest BCUT2D eigenvalue weighted by Crippen LogP contribution is 2.52. The number of anilines is 2. The van der Waals surface area contributed by atoms with Crippen molar-refractivity contribution in [2.24, 2.45) is 35.3 Å². The minimum atomic E-state index is -2.75. The van der Waals surface area contributed by atoms with Gasteiger partial charge in [-0.2, -0.15) is 0 Å². The molecule has 0 saturated heterocycles. The lowest BCUT2D eigenvalue weighted by atomic mass is 9.52. The van der Waals surface area contributed by atoms with E-state index in [2.05, 4.69) is 25.7 Å². The average molecular weight is 557 g/mol. The van der Waals surface area contributed by atoms with Crippen molar-refractivity contribution in [2.75, 3.05) is 31.3 Å². The molecular formula is C29H40N4O7. The van der Waals surface area contributed by atoms with Gasteiger partial charge in [-0.15, -0.1) is 0 Å². The van der Waals surface area contributed by atoms with E-state index in [1.165, 1.54) is 4.90 Å². The summed E-state index contributed by atoms with van der Waals surface area (Å²) in [7, 11) is 3.12. The first-order valence-electron chi connectivity index (χ1n) is 13.8. The standard InChI is InChI=1S/C29H40N4O7/c1-7-13(4)33(11-12(2)3)18-10-17(30)23(34)20-15(18)8-14-9-16-22(32(5)6)25(36)21(28(31)39)27(38)29(16,40)26(37)19(14)24(20)35/h10,12-14,16,19,21-22,34,40H,7-9,11,30H2,1-6H3,(H2,31,39)/t13?,14?,16?,19?,21?,22-,29-/m0/s1. The number of benzene rings is 1. The number of phenolic OH excluding ortho intramolecular Hbond substituents is 1. The number of hydrogen-bond acceptors (Lipinski definition) is 10. The van der Waals surface area contributed by atoms with Crippen molar-refractivity contribution in [3.63, 3.8) is 0 Å². The van der Waals surface area contributed by atoms with Gasteiger partial charge in [0, 0.05) is 24.2 Å². The summed E-state index contributed by atoms with van der Waals surface area (Å²) in [5.41, 5.74) is 9.95. The third-order valence-corrected chi connectivity index (χ3v) is 9.06. The lowest BCUT2D eigenvalue weighted by Gasteiger charge is -2.52. The van der Waals surface area contributed by atoms with Crippen molar-refractivity contribution in [1.82, 2.24) is 4.90 Å². The van der Waals surface area contributed by atoms with Gasteiger partial charge in [0.05, 0.1) is 23.2 Å². The molecule has 218 valence electrons. The van der Waals surface area contributed by atoms with Crippen LogP contribution in [-0.2, 0) is 25.6 Å². The molecule has 5 unspecified atom stereocenters. The number of amides is 1. The molecule has 40 heavy (non-hydrogen) atoms. The number of Topliss-reactive ketones (excluding diaryl/α,β-unsaturated/α-hetero) is 4. The van der Waals surface area contributed by atoms with Crippen molar-refractivity contribution < 1.29 is 34.2 Å². The second-order valence-electron chi connectivity index (χ2n) is 12.3. The van der Waals surface area contributed by atoms with Crippen molar-refractivity contribution in [3.05, 3.63) is 17.2 Å². The number of carbonyl (C=O) groups is 5. The average Bonchev–Trinajstić information content (AvgIpc) is 2.86. The summed E-state index contributed by atoms with van der Waals surface area (Å²) in [6.45, 7) is 8.92. The van der Waals surface area contributed by atoms with Crippen LogP contribution < -0.4 is 16.4 Å². The molecule has 7 atom stereocenters. The maximum atomic E-state index is 14.0. The largest absolute Gasteiger partial charge is 0.505 e. The molecule has 1 aromatic rings. The van der Waals surface area contributed by atoms with Crippen molar-refractivity contribution in [3.8, 4) is 5.75 Å². The summed E-state index contributed by atoms with van der Waals surface area (Å²) in [5, 5.41) is 22.7. The van der Waals surface area contributed by atoms with Gasteiger partial charge in [0.15, 0.2) is 34.7 Å². The smallest absolute Gasteiger partial charge is 0.235 e. The van der Waals surface area contributed by atoms with E-state index in [9.17, 15) is 34.2 Å². The van der Waals surface area contributed by atoms with Gasteiger partial charge in [0.2, 0.25) is 5.91 Å². The third kappa shape index (κ3) is 4.21. The summed E-state index contributed by atoms with van der Waals surface area (Å²) in [5.74, 6) is -10.5. The van der Waals surface area contributed by atoms with Gasteiger partial charge >= 0.3 is 0 Å². The van der Waals surface area contributed by atoms with Gasteiger partial charge in [0.1, 0.15) is 5.75 Å². The summed E-state index contributed by atoms with van der Waals surface area (Å²) in [6, 6.07) is 0.600. The normalized spacial score (nSPS) is 30.7. The number of fused-ring (bicyclic) bond motifs is 3. The molecule has 1 amide bonds. The minimum Gasteiger partial charge on any atom is -0.505 e. The number of nitrogens with two attached hydrogens (primary N) is 2. The van der Waals surface area contributed by atoms with E-state index in [1.807, 2.05) is 6.92 Å². The zero-order valence-electron chi connectivity index (χ0n) is 23.9. The number of hydrogen-bond donors (Lipinski definition) is 4. The number of phenols is 1. The molecule has 3 aliphatic carbocycles. The van der Waals surface area contributed by atoms with E-state index < -0.39 is 70.1 Å². The maximum absolute atomic E-state index is 14.0. The molecule has 0 spiro atoms. The number of nitrogen functional groups attached to an aromatic ring is 1. The fourth-order valence-corrected chi connectivity index (χ4v) is 7.06. The molecule has 6 N–H and O–H groups in total. The highest BCUT2D eigenvalue weighted by atomic mass is 16.3. The summed E-state index contributed by atoms with van der Waals surface area (Å²) in [4.78, 5) is 70.5. The molecule has 1 aromatic carbocycles. The lowest BCUT2D eigenvalue weighted by Crippen LogP contribution is -2.74. The monoisotopic (exact) mass is 556 g/mol. The van der Waals surface area contributed by atoms with Crippen LogP contribution in [0.4, 0.5) is 11.4 Å². The van der Waals surface area contributed by atoms with E-state index in [-0.39, 0.29) is 36.1 Å². The maximum Gasteiger partial charge on any atom is 0.235 e. The first-order valence-corrected chi connectivity index (χ1v) is 13.8. The molecule has 11 heteroatoms. The van der Waals surface area contributed by atoms with E-state index in [0.717, 1.165) is 6.42 Å². The molecule has 0 radical (unpaired) electrons. The van der Waals surface area contributed by atoms with Crippen LogP contribution in [0.3, 0.4) is 0 Å². The number of ketones is 4. The first-order chi connectivity index (χ1) is 18.6. The summed E-state index contributed by atoms with van der Waals surface area (Å²) < 4.78 is 0. The van der Waals surface area contributed by atoms with Crippen LogP contribution in [0.5, 0.6) is 5.75 Å². The second-order valence-corrected chi connectivity index (χ2v) is 12.3. The number of likely N-dealkylation sites (N-methyl/N-ethyl adjacent to an activating group) is 1. The van der Waals surface area contributed by atoms with Crippen LogP contribution in [-0.4, -0.2) is 82.5 Å². The highest BCUT2D eigenvalue weighted by Gasteiger charge is 2.69. The molecule has 0 aliphatic heterocycles. The Labute approximate surface area is 233 Å². The van der Waals surface area contributed by atoms with Crippen LogP contribution in [0, 0.1) is 29.6 Å². The molecule has 0 aromatic heterocycles. The number of carbonyl (C=O) groups excluding carboxylic acids is 5. The fraction of sp³-hybridized carbons (Fsp3) is 0.621. The Morgan fingerprint density at radius 2 is 1.77 bits per heavy atom. The molecule has 2 saturated carbocycles. The van der Waals surface area contributed by atoms with E-state index in [4.69, 9.17) is 11.5 Å². The van der Waals surface area contributed by atoms with E-state index >= 15 is 0 Å². The van der Waals surface area contributed by atoms with Crippen molar-refractivity contribution in [1.29, 1.82) is 0 Å².